The molecule has 0 fully saturated rings. The maximum atomic E-state index is 9.20. The summed E-state index contributed by atoms with van der Waals surface area (Å²) in [7, 11) is 1.57. The summed E-state index contributed by atoms with van der Waals surface area (Å²) in [5.74, 6) is 0.821. The molecule has 1 aromatic carbocycles. The zero-order valence-corrected chi connectivity index (χ0v) is 15.8. The largest absolute Gasteiger partial charge is 0.468 e. The lowest BCUT2D eigenvalue weighted by atomic mass is 10.1. The number of unbranched alkanes of at least 4 members (excludes halogenated alkanes) is 2. The Hall–Kier alpha value is -2.87. The number of nitrogens with zero attached hydrogens (tertiary/aromatic N) is 4. The number of nitrogen functional groups attached to an aromatic ring is 1. The van der Waals surface area contributed by atoms with Gasteiger partial charge in [-0.15, -0.1) is 0 Å². The first-order valence-corrected chi connectivity index (χ1v) is 9.16. The van der Waals surface area contributed by atoms with Gasteiger partial charge in [-0.2, -0.15) is 15.0 Å². The number of hydrogen-bond acceptors (Lipinski definition) is 7. The Morgan fingerprint density at radius 2 is 1.85 bits per heavy atom. The number of aromatic nitrogens is 4. The second kappa shape index (κ2) is 8.68. The van der Waals surface area contributed by atoms with E-state index in [4.69, 9.17) is 10.5 Å². The number of ether oxygens (including phenoxy) is 1. The highest BCUT2D eigenvalue weighted by Gasteiger charge is 2.17. The predicted octanol–water partition coefficient (Wildman–Crippen LogP) is 2.56. The lowest BCUT2D eigenvalue weighted by molar-refractivity contribution is 0.282. The number of methoxy groups -OCH3 is 1. The van der Waals surface area contributed by atoms with Gasteiger partial charge in [0.1, 0.15) is 0 Å². The average molecular weight is 370 g/mol. The summed E-state index contributed by atoms with van der Waals surface area (Å²) in [5, 5.41) is 12.4. The van der Waals surface area contributed by atoms with Crippen molar-refractivity contribution in [2.24, 2.45) is 0 Å². The molecule has 0 amide bonds. The first-order chi connectivity index (χ1) is 13.2. The zero-order chi connectivity index (χ0) is 19.2. The molecule has 0 spiro atoms. The standard InChI is InChI=1S/C19H26N6O2/c1-3-4-5-10-21-18-23-16(20)15-17(24-18)25(19(22-15)27-2)11-13-6-8-14(12-26)9-7-13/h6-9,26H,3-5,10-12H2,1-2H3,(H3,20,21,23,24). The lowest BCUT2D eigenvalue weighted by Gasteiger charge is -2.09. The van der Waals surface area contributed by atoms with Crippen LogP contribution >= 0.6 is 0 Å². The molecule has 0 aliphatic heterocycles. The van der Waals surface area contributed by atoms with Crippen LogP contribution < -0.4 is 15.8 Å². The van der Waals surface area contributed by atoms with Gasteiger partial charge < -0.3 is 20.9 Å². The molecule has 27 heavy (non-hydrogen) atoms. The third-order valence-corrected chi connectivity index (χ3v) is 4.38. The summed E-state index contributed by atoms with van der Waals surface area (Å²) < 4.78 is 7.30. The number of rotatable bonds is 9. The van der Waals surface area contributed by atoms with Gasteiger partial charge >= 0.3 is 0 Å². The van der Waals surface area contributed by atoms with Crippen LogP contribution in [0.3, 0.4) is 0 Å². The molecule has 4 N–H and O–H groups in total. The van der Waals surface area contributed by atoms with Gasteiger partial charge in [-0.1, -0.05) is 44.0 Å². The fourth-order valence-electron chi connectivity index (χ4n) is 2.89. The Labute approximate surface area is 158 Å². The molecule has 144 valence electrons. The second-order valence-corrected chi connectivity index (χ2v) is 6.40. The van der Waals surface area contributed by atoms with E-state index in [2.05, 4.69) is 27.2 Å². The molecule has 0 radical (unpaired) electrons. The van der Waals surface area contributed by atoms with E-state index in [1.165, 1.54) is 0 Å². The number of aliphatic hydroxyl groups excluding tert-OH is 1. The summed E-state index contributed by atoms with van der Waals surface area (Å²) in [4.78, 5) is 13.4. The highest BCUT2D eigenvalue weighted by molar-refractivity contribution is 5.84. The van der Waals surface area contributed by atoms with Crippen LogP contribution in [-0.2, 0) is 13.2 Å². The van der Waals surface area contributed by atoms with Crippen molar-refractivity contribution in [1.82, 2.24) is 19.5 Å². The molecular formula is C19H26N6O2. The summed E-state index contributed by atoms with van der Waals surface area (Å²) in [6.45, 7) is 3.51. The second-order valence-electron chi connectivity index (χ2n) is 6.40. The molecule has 0 saturated carbocycles. The number of imidazole rings is 1. The van der Waals surface area contributed by atoms with Crippen LogP contribution in [0.15, 0.2) is 24.3 Å². The highest BCUT2D eigenvalue weighted by Crippen LogP contribution is 2.25. The smallest absolute Gasteiger partial charge is 0.298 e. The van der Waals surface area contributed by atoms with Crippen LogP contribution in [0, 0.1) is 0 Å². The van der Waals surface area contributed by atoms with Crippen molar-refractivity contribution in [3.8, 4) is 6.01 Å². The predicted molar refractivity (Wildman–Crippen MR) is 106 cm³/mol. The van der Waals surface area contributed by atoms with E-state index in [0.717, 1.165) is 36.9 Å². The van der Waals surface area contributed by atoms with E-state index in [1.807, 2.05) is 28.8 Å². The number of fused-ring (bicyclic) bond motifs is 1. The van der Waals surface area contributed by atoms with Crippen LogP contribution in [0.1, 0.15) is 37.3 Å². The zero-order valence-electron chi connectivity index (χ0n) is 15.8. The Morgan fingerprint density at radius 3 is 2.52 bits per heavy atom. The Kier molecular flexibility index (Phi) is 6.08. The van der Waals surface area contributed by atoms with Gasteiger partial charge in [0, 0.05) is 6.54 Å². The maximum absolute atomic E-state index is 9.20. The van der Waals surface area contributed by atoms with Crippen molar-refractivity contribution in [3.63, 3.8) is 0 Å². The van der Waals surface area contributed by atoms with Gasteiger partial charge in [-0.05, 0) is 17.5 Å². The Bertz CT molecular complexity index is 891. The minimum absolute atomic E-state index is 0.0222. The van der Waals surface area contributed by atoms with E-state index in [1.54, 1.807) is 7.11 Å². The van der Waals surface area contributed by atoms with Crippen molar-refractivity contribution in [2.45, 2.75) is 39.3 Å². The van der Waals surface area contributed by atoms with Crippen molar-refractivity contribution in [1.29, 1.82) is 0 Å². The molecule has 0 unspecified atom stereocenters. The van der Waals surface area contributed by atoms with Crippen LogP contribution in [0.4, 0.5) is 11.8 Å². The van der Waals surface area contributed by atoms with Gasteiger partial charge in [0.2, 0.25) is 5.95 Å². The molecule has 0 atom stereocenters. The normalized spacial score (nSPS) is 11.1. The molecule has 2 heterocycles. The minimum atomic E-state index is 0.0222. The fraction of sp³-hybridized carbons (Fsp3) is 0.421. The number of nitrogens with two attached hydrogens (primary N) is 1. The van der Waals surface area contributed by atoms with Crippen molar-refractivity contribution >= 4 is 22.9 Å². The molecule has 8 heteroatoms. The lowest BCUT2D eigenvalue weighted by Crippen LogP contribution is -2.09. The minimum Gasteiger partial charge on any atom is -0.468 e. The topological polar surface area (TPSA) is 111 Å². The maximum Gasteiger partial charge on any atom is 0.298 e. The van der Waals surface area contributed by atoms with Crippen molar-refractivity contribution < 1.29 is 9.84 Å². The first-order valence-electron chi connectivity index (χ1n) is 9.16. The third kappa shape index (κ3) is 4.28. The number of anilines is 2. The molecule has 0 saturated heterocycles. The van der Waals surface area contributed by atoms with E-state index in [-0.39, 0.29) is 6.61 Å². The van der Waals surface area contributed by atoms with Gasteiger partial charge in [0.15, 0.2) is 17.0 Å². The first kappa shape index (κ1) is 18.9. The number of aliphatic hydroxyl groups is 1. The van der Waals surface area contributed by atoms with Gasteiger partial charge in [-0.3, -0.25) is 4.57 Å². The summed E-state index contributed by atoms with van der Waals surface area (Å²) in [5.41, 5.74) is 9.17. The Balaban J connectivity index is 1.92. The van der Waals surface area contributed by atoms with E-state index in [0.29, 0.717) is 35.5 Å². The van der Waals surface area contributed by atoms with Crippen molar-refractivity contribution in [3.05, 3.63) is 35.4 Å². The van der Waals surface area contributed by atoms with E-state index in [9.17, 15) is 5.11 Å². The molecule has 0 aliphatic rings. The summed E-state index contributed by atoms with van der Waals surface area (Å²) >= 11 is 0. The third-order valence-electron chi connectivity index (χ3n) is 4.38. The summed E-state index contributed by atoms with van der Waals surface area (Å²) in [6.07, 6.45) is 3.36. The average Bonchev–Trinajstić information content (AvgIpc) is 3.04. The van der Waals surface area contributed by atoms with Crippen LogP contribution in [0.2, 0.25) is 0 Å². The van der Waals surface area contributed by atoms with Crippen LogP contribution in [0.5, 0.6) is 6.01 Å². The number of hydrogen-bond donors (Lipinski definition) is 3. The van der Waals surface area contributed by atoms with Gasteiger partial charge in [-0.25, -0.2) is 0 Å². The molecule has 8 nitrogen and oxygen atoms in total. The monoisotopic (exact) mass is 370 g/mol. The molecule has 3 rings (SSSR count). The molecule has 3 aromatic rings. The van der Waals surface area contributed by atoms with Crippen molar-refractivity contribution in [2.75, 3.05) is 24.7 Å². The molecule has 2 aromatic heterocycles. The summed E-state index contributed by atoms with van der Waals surface area (Å²) in [6, 6.07) is 8.15. The van der Waals surface area contributed by atoms with Gasteiger partial charge in [0.25, 0.3) is 6.01 Å². The Morgan fingerprint density at radius 1 is 1.11 bits per heavy atom. The van der Waals surface area contributed by atoms with E-state index >= 15 is 0 Å². The molecule has 0 bridgehead atoms. The molecular weight excluding hydrogens is 344 g/mol. The SMILES string of the molecule is CCCCCNc1nc(N)c2nc(OC)n(Cc3ccc(CO)cc3)c2n1. The molecule has 0 aliphatic carbocycles. The fourth-order valence-corrected chi connectivity index (χ4v) is 2.89. The highest BCUT2D eigenvalue weighted by atomic mass is 16.5. The van der Waals surface area contributed by atoms with E-state index < -0.39 is 0 Å². The number of benzene rings is 1. The quantitative estimate of drug-likeness (QED) is 0.496. The van der Waals surface area contributed by atoms with Crippen LogP contribution in [-0.4, -0.2) is 38.3 Å². The van der Waals surface area contributed by atoms with Crippen LogP contribution in [0.25, 0.3) is 11.2 Å². The number of nitrogens with one attached hydrogen (secondary N) is 1. The van der Waals surface area contributed by atoms with Gasteiger partial charge in [0.05, 0.1) is 20.3 Å².